The minimum absolute atomic E-state index is 0.0506. The molecular weight excluding hydrogens is 289 g/mol. The van der Waals surface area contributed by atoms with Crippen LogP contribution in [0.25, 0.3) is 0 Å². The average molecular weight is 301 g/mol. The van der Waals surface area contributed by atoms with E-state index in [2.05, 4.69) is 5.32 Å². The molecule has 0 aliphatic heterocycles. The molecule has 0 amide bonds. The molecule has 0 aliphatic carbocycles. The highest BCUT2D eigenvalue weighted by atomic mass is 35.5. The summed E-state index contributed by atoms with van der Waals surface area (Å²) in [6.07, 6.45) is 0. The molecule has 0 fully saturated rings. The van der Waals surface area contributed by atoms with Gasteiger partial charge in [-0.25, -0.2) is 0 Å². The van der Waals surface area contributed by atoms with Crippen LogP contribution in [-0.4, -0.2) is 0 Å². The third-order valence-electron chi connectivity index (χ3n) is 2.63. The Morgan fingerprint density at radius 2 is 1.67 bits per heavy atom. The number of anilines is 1. The summed E-state index contributed by atoms with van der Waals surface area (Å²) in [6.45, 7) is 2.03. The number of hydrogen-bond acceptors (Lipinski definition) is 1. The Kier molecular flexibility index (Phi) is 4.39. The molecule has 2 rings (SSSR count). The summed E-state index contributed by atoms with van der Waals surface area (Å²) >= 11 is 18.1. The fourth-order valence-corrected chi connectivity index (χ4v) is 2.40. The largest absolute Gasteiger partial charge is 0.378 e. The van der Waals surface area contributed by atoms with Crippen molar-refractivity contribution >= 4 is 40.5 Å². The van der Waals surface area contributed by atoms with E-state index in [9.17, 15) is 0 Å². The lowest BCUT2D eigenvalue weighted by Crippen LogP contribution is -2.07. The molecule has 0 bridgehead atoms. The summed E-state index contributed by atoms with van der Waals surface area (Å²) in [4.78, 5) is 0. The second-order valence-corrected chi connectivity index (χ2v) is 5.32. The lowest BCUT2D eigenvalue weighted by molar-refractivity contribution is 0.885. The Balaban J connectivity index is 2.21. The van der Waals surface area contributed by atoms with Crippen molar-refractivity contribution < 1.29 is 0 Å². The highest BCUT2D eigenvalue weighted by Gasteiger charge is 2.10. The van der Waals surface area contributed by atoms with Crippen molar-refractivity contribution in [3.63, 3.8) is 0 Å². The Labute approximate surface area is 122 Å². The zero-order chi connectivity index (χ0) is 13.1. The molecule has 0 aliphatic rings. The highest BCUT2D eigenvalue weighted by Crippen LogP contribution is 2.29. The van der Waals surface area contributed by atoms with E-state index in [1.807, 2.05) is 37.3 Å². The molecule has 4 heteroatoms. The molecule has 0 saturated heterocycles. The van der Waals surface area contributed by atoms with Crippen molar-refractivity contribution in [1.29, 1.82) is 0 Å². The van der Waals surface area contributed by atoms with Crippen LogP contribution in [0, 0.1) is 0 Å². The minimum Gasteiger partial charge on any atom is -0.378 e. The van der Waals surface area contributed by atoms with Crippen LogP contribution in [0.4, 0.5) is 5.69 Å². The van der Waals surface area contributed by atoms with E-state index < -0.39 is 0 Å². The third-order valence-corrected chi connectivity index (χ3v) is 3.45. The molecule has 18 heavy (non-hydrogen) atoms. The van der Waals surface area contributed by atoms with Crippen LogP contribution in [0.5, 0.6) is 0 Å². The van der Waals surface area contributed by atoms with Gasteiger partial charge in [-0.2, -0.15) is 0 Å². The van der Waals surface area contributed by atoms with Gasteiger partial charge in [-0.3, -0.25) is 0 Å². The first kappa shape index (κ1) is 13.5. The van der Waals surface area contributed by atoms with Crippen LogP contribution in [0.3, 0.4) is 0 Å². The van der Waals surface area contributed by atoms with Gasteiger partial charge in [0.25, 0.3) is 0 Å². The van der Waals surface area contributed by atoms with Gasteiger partial charge in [-0.1, -0.05) is 40.9 Å². The Morgan fingerprint density at radius 3 is 2.39 bits per heavy atom. The smallest absolute Gasteiger partial charge is 0.0500 e. The van der Waals surface area contributed by atoms with E-state index in [1.165, 1.54) is 0 Å². The number of benzene rings is 2. The van der Waals surface area contributed by atoms with Gasteiger partial charge < -0.3 is 5.32 Å². The van der Waals surface area contributed by atoms with Gasteiger partial charge in [-0.05, 0) is 48.9 Å². The number of hydrogen-bond donors (Lipinski definition) is 1. The van der Waals surface area contributed by atoms with E-state index >= 15 is 0 Å². The minimum atomic E-state index is 0.0506. The van der Waals surface area contributed by atoms with Crippen LogP contribution in [0.1, 0.15) is 18.5 Å². The fraction of sp³-hybridized carbons (Fsp3) is 0.143. The van der Waals surface area contributed by atoms with Crippen molar-refractivity contribution in [2.75, 3.05) is 5.32 Å². The maximum atomic E-state index is 6.16. The molecule has 0 saturated carbocycles. The Bertz CT molecular complexity index is 554. The Hall–Kier alpha value is -0.890. The highest BCUT2D eigenvalue weighted by molar-refractivity contribution is 6.33. The van der Waals surface area contributed by atoms with Crippen LogP contribution < -0.4 is 5.32 Å². The average Bonchev–Trinajstić information content (AvgIpc) is 2.32. The molecule has 94 valence electrons. The third kappa shape index (κ3) is 3.32. The van der Waals surface area contributed by atoms with Gasteiger partial charge in [0.05, 0.1) is 6.04 Å². The van der Waals surface area contributed by atoms with Crippen LogP contribution in [0.2, 0.25) is 15.1 Å². The van der Waals surface area contributed by atoms with E-state index in [4.69, 9.17) is 34.8 Å². The second-order valence-electron chi connectivity index (χ2n) is 4.04. The maximum Gasteiger partial charge on any atom is 0.0500 e. The van der Waals surface area contributed by atoms with Gasteiger partial charge in [-0.15, -0.1) is 0 Å². The predicted molar refractivity (Wildman–Crippen MR) is 80.0 cm³/mol. The van der Waals surface area contributed by atoms with Crippen molar-refractivity contribution in [2.45, 2.75) is 13.0 Å². The molecular formula is C14H12Cl3N. The van der Waals surface area contributed by atoms with Crippen molar-refractivity contribution in [3.05, 3.63) is 63.1 Å². The van der Waals surface area contributed by atoms with Crippen LogP contribution in [0.15, 0.2) is 42.5 Å². The van der Waals surface area contributed by atoms with Crippen molar-refractivity contribution in [1.82, 2.24) is 0 Å². The summed E-state index contributed by atoms with van der Waals surface area (Å²) in [6, 6.07) is 13.1. The molecule has 2 aromatic carbocycles. The number of rotatable bonds is 3. The Morgan fingerprint density at radius 1 is 0.944 bits per heavy atom. The molecule has 0 spiro atoms. The van der Waals surface area contributed by atoms with E-state index in [0.717, 1.165) is 11.3 Å². The topological polar surface area (TPSA) is 12.0 Å². The summed E-state index contributed by atoms with van der Waals surface area (Å²) in [5.41, 5.74) is 1.91. The lowest BCUT2D eigenvalue weighted by Gasteiger charge is -2.17. The number of halogens is 3. The lowest BCUT2D eigenvalue weighted by atomic mass is 10.1. The molecule has 0 aromatic heterocycles. The zero-order valence-electron chi connectivity index (χ0n) is 9.75. The molecule has 1 atom stereocenters. The first-order valence-electron chi connectivity index (χ1n) is 5.53. The summed E-state index contributed by atoms with van der Waals surface area (Å²) < 4.78 is 0. The van der Waals surface area contributed by atoms with Crippen molar-refractivity contribution in [2.24, 2.45) is 0 Å². The van der Waals surface area contributed by atoms with Gasteiger partial charge in [0, 0.05) is 20.8 Å². The monoisotopic (exact) mass is 299 g/mol. The molecule has 2 aromatic rings. The maximum absolute atomic E-state index is 6.16. The standard InChI is InChI=1S/C14H12Cl3N/c1-9(13-8-11(16)5-6-14(13)17)18-12-4-2-3-10(15)7-12/h2-9,18H,1H3. The summed E-state index contributed by atoms with van der Waals surface area (Å²) in [5, 5.41) is 5.41. The summed E-state index contributed by atoms with van der Waals surface area (Å²) in [5.74, 6) is 0. The molecule has 0 radical (unpaired) electrons. The second kappa shape index (κ2) is 5.83. The summed E-state index contributed by atoms with van der Waals surface area (Å²) in [7, 11) is 0. The van der Waals surface area contributed by atoms with Crippen molar-refractivity contribution in [3.8, 4) is 0 Å². The fourth-order valence-electron chi connectivity index (χ4n) is 1.75. The molecule has 1 N–H and O–H groups in total. The van der Waals surface area contributed by atoms with Gasteiger partial charge in [0.2, 0.25) is 0 Å². The van der Waals surface area contributed by atoms with E-state index in [-0.39, 0.29) is 6.04 Å². The number of nitrogens with one attached hydrogen (secondary N) is 1. The first-order chi connectivity index (χ1) is 8.56. The van der Waals surface area contributed by atoms with Gasteiger partial charge in [0.15, 0.2) is 0 Å². The first-order valence-corrected chi connectivity index (χ1v) is 6.66. The normalized spacial score (nSPS) is 12.2. The van der Waals surface area contributed by atoms with Crippen LogP contribution in [-0.2, 0) is 0 Å². The van der Waals surface area contributed by atoms with Gasteiger partial charge >= 0.3 is 0 Å². The van der Waals surface area contributed by atoms with E-state index in [1.54, 1.807) is 12.1 Å². The molecule has 1 unspecified atom stereocenters. The quantitative estimate of drug-likeness (QED) is 0.753. The molecule has 0 heterocycles. The predicted octanol–water partition coefficient (Wildman–Crippen LogP) is 5.82. The molecule has 1 nitrogen and oxygen atoms in total. The SMILES string of the molecule is CC(Nc1cccc(Cl)c1)c1cc(Cl)ccc1Cl. The van der Waals surface area contributed by atoms with E-state index in [0.29, 0.717) is 15.1 Å². The van der Waals surface area contributed by atoms with Crippen LogP contribution >= 0.6 is 34.8 Å². The van der Waals surface area contributed by atoms with Gasteiger partial charge in [0.1, 0.15) is 0 Å². The zero-order valence-corrected chi connectivity index (χ0v) is 12.0.